The molecular formula is C28H34O3. The Hall–Kier alpha value is -2.88. The monoisotopic (exact) mass is 418 g/mol. The summed E-state index contributed by atoms with van der Waals surface area (Å²) < 4.78 is 0. The van der Waals surface area contributed by atoms with Gasteiger partial charge in [0.05, 0.1) is 0 Å². The number of hydrogen-bond acceptors (Lipinski definition) is 3. The first-order valence-electron chi connectivity index (χ1n) is 11.3. The van der Waals surface area contributed by atoms with E-state index in [9.17, 15) is 0 Å². The van der Waals surface area contributed by atoms with Gasteiger partial charge in [0.1, 0.15) is 0 Å². The van der Waals surface area contributed by atoms with Gasteiger partial charge >= 0.3 is 0 Å². The van der Waals surface area contributed by atoms with Crippen LogP contribution in [0.3, 0.4) is 0 Å². The van der Waals surface area contributed by atoms with Crippen molar-refractivity contribution in [2.75, 3.05) is 0 Å². The van der Waals surface area contributed by atoms with Crippen molar-refractivity contribution >= 4 is 0 Å². The summed E-state index contributed by atoms with van der Waals surface area (Å²) in [5.41, 5.74) is 4.09. The molecule has 0 aromatic heterocycles. The third-order valence-corrected chi connectivity index (χ3v) is 4.94. The van der Waals surface area contributed by atoms with E-state index in [1.165, 1.54) is 25.7 Å². The Balaban J connectivity index is 1.91. The molecule has 2 rings (SSSR count). The minimum atomic E-state index is 0.548. The van der Waals surface area contributed by atoms with Crippen molar-refractivity contribution in [2.24, 2.45) is 0 Å². The van der Waals surface area contributed by atoms with Crippen LogP contribution in [0, 0.1) is 37.5 Å². The molecule has 3 nitrogen and oxygen atoms in total. The maximum atomic E-state index is 5.32. The predicted molar refractivity (Wildman–Crippen MR) is 127 cm³/mol. The first-order valence-corrected chi connectivity index (χ1v) is 11.3. The zero-order valence-corrected chi connectivity index (χ0v) is 19.3. The number of benzene rings is 2. The summed E-state index contributed by atoms with van der Waals surface area (Å²) in [7, 11) is 0. The topological polar surface area (TPSA) is 27.7 Å². The Morgan fingerprint density at radius 3 is 1.52 bits per heavy atom. The van der Waals surface area contributed by atoms with Crippen molar-refractivity contribution in [1.29, 1.82) is 0 Å². The van der Waals surface area contributed by atoms with Crippen molar-refractivity contribution < 1.29 is 14.8 Å². The zero-order chi connectivity index (χ0) is 22.3. The molecule has 0 fully saturated rings. The minimum absolute atomic E-state index is 0.548. The molecule has 0 radical (unpaired) electrons. The lowest BCUT2D eigenvalue weighted by Crippen LogP contribution is -2.03. The number of hydrogen-bond donors (Lipinski definition) is 0. The van der Waals surface area contributed by atoms with Crippen LogP contribution in [0.15, 0.2) is 36.4 Å². The number of unbranched alkanes of at least 4 members (excludes halogenated alkanes) is 6. The van der Waals surface area contributed by atoms with Gasteiger partial charge in [-0.25, -0.2) is 0 Å². The highest BCUT2D eigenvalue weighted by Crippen LogP contribution is 2.20. The summed E-state index contributed by atoms with van der Waals surface area (Å²) in [5, 5.41) is 5.01. The zero-order valence-electron chi connectivity index (χ0n) is 19.3. The summed E-state index contributed by atoms with van der Waals surface area (Å²) in [6, 6.07) is 11.3. The Bertz CT molecular complexity index is 861. The van der Waals surface area contributed by atoms with E-state index >= 15 is 0 Å². The first kappa shape index (κ1) is 24.4. The smallest absolute Gasteiger partial charge is 0.170 e. The van der Waals surface area contributed by atoms with E-state index < -0.39 is 0 Å². The average molecular weight is 419 g/mol. The van der Waals surface area contributed by atoms with Crippen LogP contribution >= 0.6 is 0 Å². The molecule has 3 heteroatoms. The third-order valence-electron chi connectivity index (χ3n) is 4.94. The van der Waals surface area contributed by atoms with Gasteiger partial charge in [-0.1, -0.05) is 75.3 Å². The fraction of sp³-hybridized carbons (Fsp3) is 0.429. The van der Waals surface area contributed by atoms with Gasteiger partial charge in [-0.05, 0) is 49.9 Å². The standard InChI is InChI=1S/C28H34O3/c1-5-7-9-11-13-15-25-21-27(19-17-23(25)3)29-31-30-28-20-18-24(4)26(22-28)16-14-12-10-8-6-2/h17-22H,5-12H2,1-4H3. The SMILES string of the molecule is CCCCCC#Cc1cc(OOOc2ccc(C)c(C#CCCCCC)c2)ccc1C. The largest absolute Gasteiger partial charge is 0.299 e. The number of aryl methyl sites for hydroxylation is 2. The van der Waals surface area contributed by atoms with Gasteiger partial charge < -0.3 is 0 Å². The second kappa shape index (κ2) is 14.2. The van der Waals surface area contributed by atoms with Crippen LogP contribution in [-0.4, -0.2) is 0 Å². The summed E-state index contributed by atoms with van der Waals surface area (Å²) in [6.07, 6.45) is 8.93. The van der Waals surface area contributed by atoms with E-state index in [1.54, 1.807) is 0 Å². The van der Waals surface area contributed by atoms with Crippen LogP contribution in [0.25, 0.3) is 0 Å². The average Bonchev–Trinajstić information content (AvgIpc) is 2.77. The molecular weight excluding hydrogens is 384 g/mol. The molecule has 0 aliphatic carbocycles. The molecule has 0 bridgehead atoms. The summed E-state index contributed by atoms with van der Waals surface area (Å²) >= 11 is 0. The van der Waals surface area contributed by atoms with Crippen molar-refractivity contribution in [2.45, 2.75) is 79.1 Å². The second-order valence-electron chi connectivity index (χ2n) is 7.71. The van der Waals surface area contributed by atoms with Crippen molar-refractivity contribution in [1.82, 2.24) is 0 Å². The van der Waals surface area contributed by atoms with Gasteiger partial charge in [0.15, 0.2) is 11.5 Å². The molecule has 0 N–H and O–H groups in total. The quantitative estimate of drug-likeness (QED) is 0.173. The normalized spacial score (nSPS) is 9.94. The molecule has 164 valence electrons. The van der Waals surface area contributed by atoms with E-state index in [4.69, 9.17) is 14.8 Å². The molecule has 0 saturated heterocycles. The van der Waals surface area contributed by atoms with Crippen LogP contribution < -0.4 is 9.78 Å². The van der Waals surface area contributed by atoms with Crippen LogP contribution in [-0.2, 0) is 5.04 Å². The van der Waals surface area contributed by atoms with E-state index in [0.29, 0.717) is 11.5 Å². The van der Waals surface area contributed by atoms with Gasteiger partial charge in [0.2, 0.25) is 0 Å². The lowest BCUT2D eigenvalue weighted by Gasteiger charge is -2.07. The highest BCUT2D eigenvalue weighted by atomic mass is 17.5. The molecule has 0 spiro atoms. The fourth-order valence-corrected chi connectivity index (χ4v) is 2.91. The van der Waals surface area contributed by atoms with Crippen LogP contribution in [0.2, 0.25) is 0 Å². The molecule has 0 aliphatic rings. The Morgan fingerprint density at radius 1 is 0.645 bits per heavy atom. The van der Waals surface area contributed by atoms with Gasteiger partial charge in [0, 0.05) is 41.1 Å². The summed E-state index contributed by atoms with van der Waals surface area (Å²) in [4.78, 5) is 10.6. The second-order valence-corrected chi connectivity index (χ2v) is 7.71. The van der Waals surface area contributed by atoms with E-state index in [0.717, 1.165) is 47.9 Å². The lowest BCUT2D eigenvalue weighted by molar-refractivity contribution is -0.411. The predicted octanol–water partition coefficient (Wildman–Crippen LogP) is 7.47. The molecule has 0 amide bonds. The van der Waals surface area contributed by atoms with Gasteiger partial charge in [0.25, 0.3) is 0 Å². The highest BCUT2D eigenvalue weighted by molar-refractivity contribution is 5.46. The third kappa shape index (κ3) is 9.20. The van der Waals surface area contributed by atoms with Crippen molar-refractivity contribution in [3.05, 3.63) is 58.7 Å². The first-order chi connectivity index (χ1) is 15.1. The molecule has 0 heterocycles. The van der Waals surface area contributed by atoms with Crippen molar-refractivity contribution in [3.8, 4) is 35.2 Å². The van der Waals surface area contributed by atoms with Crippen LogP contribution in [0.5, 0.6) is 11.5 Å². The summed E-state index contributed by atoms with van der Waals surface area (Å²) in [6.45, 7) is 8.46. The fourth-order valence-electron chi connectivity index (χ4n) is 2.91. The summed E-state index contributed by atoms with van der Waals surface area (Å²) in [5.74, 6) is 14.0. The van der Waals surface area contributed by atoms with Gasteiger partial charge in [-0.3, -0.25) is 9.78 Å². The van der Waals surface area contributed by atoms with Gasteiger partial charge in [-0.2, -0.15) is 0 Å². The van der Waals surface area contributed by atoms with E-state index in [-0.39, 0.29) is 0 Å². The van der Waals surface area contributed by atoms with Crippen LogP contribution in [0.1, 0.15) is 87.5 Å². The van der Waals surface area contributed by atoms with E-state index in [2.05, 4.69) is 37.5 Å². The minimum Gasteiger partial charge on any atom is -0.299 e. The molecule has 0 atom stereocenters. The Kier molecular flexibility index (Phi) is 11.2. The van der Waals surface area contributed by atoms with Crippen LogP contribution in [0.4, 0.5) is 0 Å². The molecule has 0 unspecified atom stereocenters. The molecule has 0 aliphatic heterocycles. The maximum Gasteiger partial charge on any atom is 0.170 e. The van der Waals surface area contributed by atoms with E-state index in [1.807, 2.05) is 50.2 Å². The van der Waals surface area contributed by atoms with Gasteiger partial charge in [-0.15, -0.1) is 0 Å². The maximum absolute atomic E-state index is 5.32. The molecule has 0 saturated carbocycles. The number of rotatable bonds is 10. The Morgan fingerprint density at radius 2 is 1.10 bits per heavy atom. The highest BCUT2D eigenvalue weighted by Gasteiger charge is 2.04. The Labute approximate surface area is 188 Å². The van der Waals surface area contributed by atoms with Crippen molar-refractivity contribution in [3.63, 3.8) is 0 Å². The lowest BCUT2D eigenvalue weighted by atomic mass is 10.1. The molecule has 2 aromatic rings. The molecule has 31 heavy (non-hydrogen) atoms. The molecule has 2 aromatic carbocycles.